The molecule has 1 amide bonds. The summed E-state index contributed by atoms with van der Waals surface area (Å²) in [4.78, 5) is 17.3. The van der Waals surface area contributed by atoms with Gasteiger partial charge in [0, 0.05) is 30.1 Å². The molecule has 2 aromatic rings. The Morgan fingerprint density at radius 1 is 1.21 bits per heavy atom. The molecule has 1 heterocycles. The van der Waals surface area contributed by atoms with Crippen LogP contribution in [-0.4, -0.2) is 30.5 Å². The van der Waals surface area contributed by atoms with Crippen LogP contribution in [0.4, 0.5) is 0 Å². The van der Waals surface area contributed by atoms with Gasteiger partial charge in [0.25, 0.3) is 5.91 Å². The number of halogens is 2. The number of rotatable bonds is 6. The van der Waals surface area contributed by atoms with Crippen LogP contribution in [0.1, 0.15) is 47.3 Å². The average Bonchev–Trinajstić information content (AvgIpc) is 3.35. The summed E-state index contributed by atoms with van der Waals surface area (Å²) in [6.45, 7) is 6.45. The number of carbonyl (C=O) groups excluding carboxylic acids is 1. The van der Waals surface area contributed by atoms with Gasteiger partial charge in [-0.25, -0.2) is 0 Å². The normalized spacial score (nSPS) is 13.1. The molecule has 1 saturated carbocycles. The monoisotopic (exact) mass is 369 g/mol. The molecule has 1 aromatic heterocycles. The first kappa shape index (κ1) is 20.7. The van der Waals surface area contributed by atoms with Crippen molar-refractivity contribution < 1.29 is 4.79 Å². The number of hydrogen-bond donors (Lipinski definition) is 2. The molecule has 1 aliphatic rings. The summed E-state index contributed by atoms with van der Waals surface area (Å²) in [7, 11) is 0. The number of benzene rings is 1. The van der Waals surface area contributed by atoms with E-state index in [9.17, 15) is 4.79 Å². The summed E-state index contributed by atoms with van der Waals surface area (Å²) in [6, 6.07) is 8.12. The first-order valence-corrected chi connectivity index (χ1v) is 8.09. The zero-order valence-corrected chi connectivity index (χ0v) is 15.7. The van der Waals surface area contributed by atoms with Gasteiger partial charge in [0.15, 0.2) is 0 Å². The molecular formula is C18H25Cl2N3O. The summed E-state index contributed by atoms with van der Waals surface area (Å²) in [5.74, 6) is 0.539. The smallest absolute Gasteiger partial charge is 0.252 e. The first-order chi connectivity index (χ1) is 10.7. The van der Waals surface area contributed by atoms with E-state index >= 15 is 0 Å². The molecule has 0 spiro atoms. The standard InChI is InChI=1S/C18H23N3O.2ClH/c1-3-19-8-9-20-18(22)15-11-17(13-5-6-13)21-16-7-4-12(2)10-14(15)16;;/h4,7,10-11,13,19H,3,5-6,8-9H2,1-2H3,(H,20,22);2*1H. The van der Waals surface area contributed by atoms with Gasteiger partial charge >= 0.3 is 0 Å². The second-order valence-electron chi connectivity index (χ2n) is 6.00. The molecule has 3 rings (SSSR count). The number of fused-ring (bicyclic) bond motifs is 1. The predicted octanol–water partition coefficient (Wildman–Crippen LogP) is 3.60. The van der Waals surface area contributed by atoms with Gasteiger partial charge in [-0.1, -0.05) is 18.6 Å². The molecule has 1 fully saturated rings. The van der Waals surface area contributed by atoms with Gasteiger partial charge in [0.2, 0.25) is 0 Å². The SMILES string of the molecule is CCNCCNC(=O)c1cc(C2CC2)nc2ccc(C)cc12.Cl.Cl. The number of aromatic nitrogens is 1. The number of likely N-dealkylation sites (N-methyl/N-ethyl adjacent to an activating group) is 1. The van der Waals surface area contributed by atoms with Gasteiger partial charge < -0.3 is 10.6 Å². The zero-order chi connectivity index (χ0) is 15.5. The van der Waals surface area contributed by atoms with E-state index < -0.39 is 0 Å². The number of aryl methyl sites for hydroxylation is 1. The molecule has 0 bridgehead atoms. The fraction of sp³-hybridized carbons (Fsp3) is 0.444. The van der Waals surface area contributed by atoms with Crippen molar-refractivity contribution in [2.24, 2.45) is 0 Å². The van der Waals surface area contributed by atoms with E-state index in [-0.39, 0.29) is 30.7 Å². The topological polar surface area (TPSA) is 54.0 Å². The predicted molar refractivity (Wildman–Crippen MR) is 104 cm³/mol. The lowest BCUT2D eigenvalue weighted by Gasteiger charge is -2.11. The van der Waals surface area contributed by atoms with Crippen LogP contribution in [0, 0.1) is 6.92 Å². The van der Waals surface area contributed by atoms with E-state index in [1.54, 1.807) is 0 Å². The van der Waals surface area contributed by atoms with Crippen LogP contribution in [0.5, 0.6) is 0 Å². The van der Waals surface area contributed by atoms with Crippen LogP contribution in [0.3, 0.4) is 0 Å². The summed E-state index contributed by atoms with van der Waals surface area (Å²) < 4.78 is 0. The van der Waals surface area contributed by atoms with Gasteiger partial charge in [-0.3, -0.25) is 9.78 Å². The van der Waals surface area contributed by atoms with Crippen LogP contribution in [0.15, 0.2) is 24.3 Å². The minimum atomic E-state index is -0.00203. The molecular weight excluding hydrogens is 345 g/mol. The minimum absolute atomic E-state index is 0. The van der Waals surface area contributed by atoms with Crippen molar-refractivity contribution in [2.45, 2.75) is 32.6 Å². The molecule has 1 aromatic carbocycles. The molecule has 132 valence electrons. The second kappa shape index (κ2) is 9.21. The quantitative estimate of drug-likeness (QED) is 0.764. The Bertz CT molecular complexity index is 702. The van der Waals surface area contributed by atoms with E-state index in [0.29, 0.717) is 12.5 Å². The van der Waals surface area contributed by atoms with Crippen molar-refractivity contribution in [1.82, 2.24) is 15.6 Å². The highest BCUT2D eigenvalue weighted by molar-refractivity contribution is 6.06. The molecule has 2 N–H and O–H groups in total. The Balaban J connectivity index is 0.00000144. The molecule has 0 saturated heterocycles. The molecule has 4 nitrogen and oxygen atoms in total. The van der Waals surface area contributed by atoms with Gasteiger partial charge in [-0.05, 0) is 44.5 Å². The maximum atomic E-state index is 12.6. The Labute approximate surface area is 155 Å². The third-order valence-corrected chi connectivity index (χ3v) is 4.06. The van der Waals surface area contributed by atoms with E-state index in [2.05, 4.69) is 29.7 Å². The maximum absolute atomic E-state index is 12.6. The Morgan fingerprint density at radius 2 is 1.96 bits per heavy atom. The largest absolute Gasteiger partial charge is 0.351 e. The lowest BCUT2D eigenvalue weighted by atomic mass is 10.0. The number of amides is 1. The first-order valence-electron chi connectivity index (χ1n) is 8.09. The van der Waals surface area contributed by atoms with Gasteiger partial charge in [0.1, 0.15) is 0 Å². The fourth-order valence-electron chi connectivity index (χ4n) is 2.67. The van der Waals surface area contributed by atoms with Gasteiger partial charge in [0.05, 0.1) is 11.1 Å². The number of hydrogen-bond acceptors (Lipinski definition) is 3. The third-order valence-electron chi connectivity index (χ3n) is 4.06. The summed E-state index contributed by atoms with van der Waals surface area (Å²) in [6.07, 6.45) is 2.37. The van der Waals surface area contributed by atoms with Crippen molar-refractivity contribution in [3.05, 3.63) is 41.1 Å². The van der Waals surface area contributed by atoms with Crippen molar-refractivity contribution in [1.29, 1.82) is 0 Å². The Kier molecular flexibility index (Phi) is 7.94. The molecule has 0 unspecified atom stereocenters. The molecule has 6 heteroatoms. The average molecular weight is 370 g/mol. The third kappa shape index (κ3) is 4.82. The van der Waals surface area contributed by atoms with Crippen molar-refractivity contribution >= 4 is 41.6 Å². The summed E-state index contributed by atoms with van der Waals surface area (Å²) >= 11 is 0. The number of pyridine rings is 1. The molecule has 0 radical (unpaired) electrons. The van der Waals surface area contributed by atoms with Crippen LogP contribution in [-0.2, 0) is 0 Å². The highest BCUT2D eigenvalue weighted by atomic mass is 35.5. The summed E-state index contributed by atoms with van der Waals surface area (Å²) in [5.41, 5.74) is 3.89. The summed E-state index contributed by atoms with van der Waals surface area (Å²) in [5, 5.41) is 7.17. The highest BCUT2D eigenvalue weighted by Crippen LogP contribution is 2.40. The van der Waals surface area contributed by atoms with Crippen molar-refractivity contribution in [2.75, 3.05) is 19.6 Å². The maximum Gasteiger partial charge on any atom is 0.252 e. The zero-order valence-electron chi connectivity index (χ0n) is 14.1. The van der Waals surface area contributed by atoms with Crippen LogP contribution in [0.2, 0.25) is 0 Å². The lowest BCUT2D eigenvalue weighted by molar-refractivity contribution is 0.0955. The van der Waals surface area contributed by atoms with E-state index in [0.717, 1.165) is 40.8 Å². The molecule has 0 atom stereocenters. The van der Waals surface area contributed by atoms with Crippen molar-refractivity contribution in [3.8, 4) is 0 Å². The van der Waals surface area contributed by atoms with Crippen LogP contribution >= 0.6 is 24.8 Å². The van der Waals surface area contributed by atoms with Crippen LogP contribution < -0.4 is 10.6 Å². The van der Waals surface area contributed by atoms with E-state index in [1.807, 2.05) is 19.1 Å². The minimum Gasteiger partial charge on any atom is -0.351 e. The Morgan fingerprint density at radius 3 is 2.62 bits per heavy atom. The fourth-order valence-corrected chi connectivity index (χ4v) is 2.67. The van der Waals surface area contributed by atoms with Crippen molar-refractivity contribution in [3.63, 3.8) is 0 Å². The number of nitrogens with zero attached hydrogens (tertiary/aromatic N) is 1. The highest BCUT2D eigenvalue weighted by Gasteiger charge is 2.26. The number of nitrogens with one attached hydrogen (secondary N) is 2. The van der Waals surface area contributed by atoms with E-state index in [4.69, 9.17) is 4.98 Å². The lowest BCUT2D eigenvalue weighted by Crippen LogP contribution is -2.32. The van der Waals surface area contributed by atoms with E-state index in [1.165, 1.54) is 12.8 Å². The molecule has 1 aliphatic carbocycles. The van der Waals surface area contributed by atoms with Gasteiger partial charge in [-0.15, -0.1) is 24.8 Å². The molecule has 24 heavy (non-hydrogen) atoms. The van der Waals surface area contributed by atoms with Crippen LogP contribution in [0.25, 0.3) is 10.9 Å². The molecule has 0 aliphatic heterocycles. The number of carbonyl (C=O) groups is 1. The Hall–Kier alpha value is -1.36. The second-order valence-corrected chi connectivity index (χ2v) is 6.00. The van der Waals surface area contributed by atoms with Gasteiger partial charge in [-0.2, -0.15) is 0 Å².